The van der Waals surface area contributed by atoms with Gasteiger partial charge in [0.2, 0.25) is 5.91 Å². The Morgan fingerprint density at radius 3 is 2.69 bits per heavy atom. The van der Waals surface area contributed by atoms with Crippen molar-refractivity contribution in [1.29, 1.82) is 0 Å². The van der Waals surface area contributed by atoms with E-state index in [1.807, 2.05) is 12.1 Å². The number of benzene rings is 1. The highest BCUT2D eigenvalue weighted by Gasteiger charge is 2.24. The number of aryl methyl sites for hydroxylation is 1. The van der Waals surface area contributed by atoms with Gasteiger partial charge in [0.15, 0.2) is 11.7 Å². The maximum absolute atomic E-state index is 11.9. The molecule has 1 aromatic heterocycles. The van der Waals surface area contributed by atoms with Gasteiger partial charge in [0.1, 0.15) is 0 Å². The van der Waals surface area contributed by atoms with E-state index in [4.69, 9.17) is 16.0 Å². The third kappa shape index (κ3) is 6.14. The standard InChI is InChI=1S/C17H20ClN3O3.2ClH/c18-13-3-1-11(2-4-13)15-10-21-17(24-15)6-5-16(23)20-8-12-7-19-9-14(12)22;;/h1-4,10,12,14,19,22H,5-9H2,(H,20,23);2*1H. The summed E-state index contributed by atoms with van der Waals surface area (Å²) in [6.07, 6.45) is 2.00. The van der Waals surface area contributed by atoms with Crippen LogP contribution in [0, 0.1) is 5.92 Å². The summed E-state index contributed by atoms with van der Waals surface area (Å²) in [5, 5.41) is 16.3. The van der Waals surface area contributed by atoms with Crippen LogP contribution in [0.1, 0.15) is 12.3 Å². The quantitative estimate of drug-likeness (QED) is 0.666. The van der Waals surface area contributed by atoms with Crippen LogP contribution in [0.15, 0.2) is 34.9 Å². The minimum Gasteiger partial charge on any atom is -0.441 e. The van der Waals surface area contributed by atoms with E-state index >= 15 is 0 Å². The van der Waals surface area contributed by atoms with Crippen LogP contribution in [0.3, 0.4) is 0 Å². The molecule has 1 fully saturated rings. The molecule has 2 unspecified atom stereocenters. The van der Waals surface area contributed by atoms with Crippen LogP contribution in [0.4, 0.5) is 0 Å². The normalized spacial score (nSPS) is 18.7. The van der Waals surface area contributed by atoms with Gasteiger partial charge < -0.3 is 20.2 Å². The molecule has 144 valence electrons. The van der Waals surface area contributed by atoms with Crippen LogP contribution in [0.25, 0.3) is 11.3 Å². The Morgan fingerprint density at radius 2 is 2.04 bits per heavy atom. The van der Waals surface area contributed by atoms with E-state index in [0.717, 1.165) is 12.1 Å². The lowest BCUT2D eigenvalue weighted by atomic mass is 10.1. The molecule has 0 aliphatic carbocycles. The van der Waals surface area contributed by atoms with E-state index in [1.54, 1.807) is 18.3 Å². The van der Waals surface area contributed by atoms with Crippen LogP contribution < -0.4 is 10.6 Å². The second kappa shape index (κ2) is 10.7. The Kier molecular flexibility index (Phi) is 9.39. The fourth-order valence-corrected chi connectivity index (χ4v) is 2.78. The van der Waals surface area contributed by atoms with Gasteiger partial charge in [-0.1, -0.05) is 11.6 Å². The van der Waals surface area contributed by atoms with E-state index in [1.165, 1.54) is 0 Å². The predicted octanol–water partition coefficient (Wildman–Crippen LogP) is 2.47. The van der Waals surface area contributed by atoms with Gasteiger partial charge in [-0.3, -0.25) is 4.79 Å². The summed E-state index contributed by atoms with van der Waals surface area (Å²) in [5.74, 6) is 1.19. The Morgan fingerprint density at radius 1 is 1.31 bits per heavy atom. The van der Waals surface area contributed by atoms with Crippen molar-refractivity contribution in [2.24, 2.45) is 5.92 Å². The van der Waals surface area contributed by atoms with Crippen LogP contribution in [-0.4, -0.2) is 41.7 Å². The molecule has 0 radical (unpaired) electrons. The summed E-state index contributed by atoms with van der Waals surface area (Å²) < 4.78 is 5.67. The molecular weight excluding hydrogens is 401 g/mol. The first-order valence-electron chi connectivity index (χ1n) is 7.98. The molecular formula is C17H22Cl3N3O3. The number of amides is 1. The lowest BCUT2D eigenvalue weighted by molar-refractivity contribution is -0.121. The first kappa shape index (κ1) is 22.7. The molecule has 6 nitrogen and oxygen atoms in total. The molecule has 1 amide bonds. The minimum atomic E-state index is -0.390. The molecule has 2 atom stereocenters. The number of nitrogens with zero attached hydrogens (tertiary/aromatic N) is 1. The number of hydrogen-bond acceptors (Lipinski definition) is 5. The highest BCUT2D eigenvalue weighted by atomic mass is 35.5. The number of nitrogens with one attached hydrogen (secondary N) is 2. The van der Waals surface area contributed by atoms with Crippen molar-refractivity contribution in [3.05, 3.63) is 41.4 Å². The monoisotopic (exact) mass is 421 g/mol. The van der Waals surface area contributed by atoms with E-state index in [0.29, 0.717) is 42.6 Å². The number of aliphatic hydroxyl groups is 1. The summed E-state index contributed by atoms with van der Waals surface area (Å²) in [7, 11) is 0. The molecule has 2 heterocycles. The Balaban J connectivity index is 0.00000169. The molecule has 1 saturated heterocycles. The van der Waals surface area contributed by atoms with Gasteiger partial charge in [-0.15, -0.1) is 24.8 Å². The number of carbonyl (C=O) groups excluding carboxylic acids is 1. The summed E-state index contributed by atoms with van der Waals surface area (Å²) >= 11 is 5.86. The maximum Gasteiger partial charge on any atom is 0.220 e. The molecule has 0 saturated carbocycles. The number of carbonyl (C=O) groups is 1. The average molecular weight is 423 g/mol. The van der Waals surface area contributed by atoms with Crippen LogP contribution in [-0.2, 0) is 11.2 Å². The molecule has 1 aliphatic rings. The first-order chi connectivity index (χ1) is 11.6. The lowest BCUT2D eigenvalue weighted by Gasteiger charge is -2.13. The summed E-state index contributed by atoms with van der Waals surface area (Å²) in [5.41, 5.74) is 0.894. The third-order valence-corrected chi connectivity index (χ3v) is 4.37. The summed E-state index contributed by atoms with van der Waals surface area (Å²) in [6, 6.07) is 7.30. The van der Waals surface area contributed by atoms with Crippen molar-refractivity contribution >= 4 is 42.3 Å². The van der Waals surface area contributed by atoms with Crippen molar-refractivity contribution in [2.45, 2.75) is 18.9 Å². The number of hydrogen-bond donors (Lipinski definition) is 3. The molecule has 3 N–H and O–H groups in total. The number of oxazole rings is 1. The van der Waals surface area contributed by atoms with Crippen LogP contribution in [0.5, 0.6) is 0 Å². The summed E-state index contributed by atoms with van der Waals surface area (Å²) in [6.45, 7) is 1.80. The largest absolute Gasteiger partial charge is 0.441 e. The van der Waals surface area contributed by atoms with Gasteiger partial charge in [-0.25, -0.2) is 4.98 Å². The number of rotatable bonds is 6. The average Bonchev–Trinajstić information content (AvgIpc) is 3.21. The molecule has 1 aliphatic heterocycles. The molecule has 0 bridgehead atoms. The van der Waals surface area contributed by atoms with Gasteiger partial charge in [-0.2, -0.15) is 0 Å². The number of β-amino-alcohol motifs (C(OH)–C–C–N with tert-alkyl or cyclic N) is 1. The van der Waals surface area contributed by atoms with Crippen LogP contribution in [0.2, 0.25) is 5.02 Å². The van der Waals surface area contributed by atoms with Crippen molar-refractivity contribution < 1.29 is 14.3 Å². The number of aromatic nitrogens is 1. The smallest absolute Gasteiger partial charge is 0.220 e. The predicted molar refractivity (Wildman–Crippen MR) is 105 cm³/mol. The van der Waals surface area contributed by atoms with E-state index in [-0.39, 0.29) is 42.7 Å². The fourth-order valence-electron chi connectivity index (χ4n) is 2.65. The van der Waals surface area contributed by atoms with Gasteiger partial charge in [0, 0.05) is 49.0 Å². The zero-order valence-corrected chi connectivity index (χ0v) is 16.4. The Bertz CT molecular complexity index is 694. The summed E-state index contributed by atoms with van der Waals surface area (Å²) in [4.78, 5) is 16.1. The van der Waals surface area contributed by atoms with Crippen molar-refractivity contribution in [2.75, 3.05) is 19.6 Å². The second-order valence-electron chi connectivity index (χ2n) is 5.91. The third-order valence-electron chi connectivity index (χ3n) is 4.11. The van der Waals surface area contributed by atoms with Crippen LogP contribution >= 0.6 is 36.4 Å². The SMILES string of the molecule is Cl.Cl.O=C(CCc1ncc(-c2ccc(Cl)cc2)o1)NCC1CNCC1O. The highest BCUT2D eigenvalue weighted by Crippen LogP contribution is 2.22. The first-order valence-corrected chi connectivity index (χ1v) is 8.36. The highest BCUT2D eigenvalue weighted by molar-refractivity contribution is 6.30. The zero-order valence-electron chi connectivity index (χ0n) is 14.0. The molecule has 1 aromatic carbocycles. The van der Waals surface area contributed by atoms with Gasteiger partial charge in [0.25, 0.3) is 0 Å². The van der Waals surface area contributed by atoms with Crippen molar-refractivity contribution in [3.8, 4) is 11.3 Å². The molecule has 26 heavy (non-hydrogen) atoms. The Hall–Kier alpha value is -1.31. The number of aliphatic hydroxyl groups excluding tert-OH is 1. The van der Waals surface area contributed by atoms with Crippen molar-refractivity contribution in [3.63, 3.8) is 0 Å². The molecule has 3 rings (SSSR count). The van der Waals surface area contributed by atoms with Gasteiger partial charge in [0.05, 0.1) is 12.3 Å². The van der Waals surface area contributed by atoms with E-state index in [2.05, 4.69) is 15.6 Å². The van der Waals surface area contributed by atoms with Gasteiger partial charge >= 0.3 is 0 Å². The van der Waals surface area contributed by atoms with Gasteiger partial charge in [-0.05, 0) is 24.3 Å². The van der Waals surface area contributed by atoms with E-state index < -0.39 is 0 Å². The topological polar surface area (TPSA) is 87.4 Å². The lowest BCUT2D eigenvalue weighted by Crippen LogP contribution is -2.34. The van der Waals surface area contributed by atoms with Crippen molar-refractivity contribution in [1.82, 2.24) is 15.6 Å². The number of halogens is 3. The second-order valence-corrected chi connectivity index (χ2v) is 6.35. The maximum atomic E-state index is 11.9. The Labute approximate surface area is 169 Å². The van der Waals surface area contributed by atoms with E-state index in [9.17, 15) is 9.90 Å². The molecule has 9 heteroatoms. The minimum absolute atomic E-state index is 0. The molecule has 2 aromatic rings. The molecule has 0 spiro atoms. The fraction of sp³-hybridized carbons (Fsp3) is 0.412. The zero-order chi connectivity index (χ0) is 16.9.